The molecule has 4 aromatic rings. The second-order valence-electron chi connectivity index (χ2n) is 14.8. The number of aldehydes is 1. The van der Waals surface area contributed by atoms with Gasteiger partial charge in [0, 0.05) is 53.3 Å². The number of hydrogen-bond donors (Lipinski definition) is 8. The minimum absolute atomic E-state index is 0.0192. The molecule has 1 aliphatic heterocycles. The average Bonchev–Trinajstić information content (AvgIpc) is 3.23. The molecule has 316 valence electrons. The molecular formula is C45H46O15. The average molecular weight is 827 g/mol. The molecule has 0 radical (unpaired) electrons. The fourth-order valence-electron chi connectivity index (χ4n) is 7.62. The number of ketones is 2. The van der Waals surface area contributed by atoms with Gasteiger partial charge < -0.3 is 55.1 Å². The summed E-state index contributed by atoms with van der Waals surface area (Å²) < 4.78 is 17.3. The number of carbonyl (C=O) groups is 4. The third-order valence-corrected chi connectivity index (χ3v) is 10.7. The van der Waals surface area contributed by atoms with Crippen molar-refractivity contribution >= 4 is 36.0 Å². The lowest BCUT2D eigenvalue weighted by Crippen LogP contribution is -2.58. The van der Waals surface area contributed by atoms with E-state index in [1.54, 1.807) is 30.3 Å². The largest absolute Gasteiger partial charge is 0.507 e. The maximum Gasteiger partial charge on any atom is 0.308 e. The summed E-state index contributed by atoms with van der Waals surface area (Å²) in [6, 6.07) is 14.1. The van der Waals surface area contributed by atoms with Crippen LogP contribution in [0, 0.1) is 0 Å². The Morgan fingerprint density at radius 3 is 2.23 bits per heavy atom. The summed E-state index contributed by atoms with van der Waals surface area (Å²) in [5.41, 5.74) is 0.304. The number of rotatable bonds is 15. The monoisotopic (exact) mass is 826 g/mol. The molecule has 2 aliphatic rings. The van der Waals surface area contributed by atoms with E-state index in [0.29, 0.717) is 31.1 Å². The summed E-state index contributed by atoms with van der Waals surface area (Å²) in [5, 5.41) is 83.8. The number of phenolic OH excluding ortho intramolecular Hbond substituents is 1. The predicted octanol–water partition coefficient (Wildman–Crippen LogP) is 2.53. The summed E-state index contributed by atoms with van der Waals surface area (Å²) in [7, 11) is 0. The maximum absolute atomic E-state index is 14.9. The standard InChI is InChI=1S/C45H46O15/c1-22-39(52)43(56)44(57)45(58-22)60-35-18-32-38(40(53)31(35)16-26-8-4-9-27(19-47)33(26)21-49)42(55)36-28(20-48)17-34(59-23(2)50)30(37(36)41(32)54)12-11-24-6-3-7-25(14-24)15-29(51)10-5-13-46/h3-4,6-9,11-12,14,17-18,21-22,29,39,43-48,51-53,56-57H,5,10,13,15-16,19-20H2,1-2H3/b12-11+/t22-,29+,39+,43+,44+,45+/m0/s1. The molecule has 0 spiro atoms. The van der Waals surface area contributed by atoms with Gasteiger partial charge in [0.25, 0.3) is 0 Å². The summed E-state index contributed by atoms with van der Waals surface area (Å²) in [6.07, 6.45) is -4.12. The van der Waals surface area contributed by atoms with Crippen molar-refractivity contribution in [2.75, 3.05) is 6.61 Å². The number of aliphatic hydroxyl groups is 7. The maximum atomic E-state index is 14.9. The van der Waals surface area contributed by atoms with Gasteiger partial charge in [0.1, 0.15) is 35.6 Å². The third-order valence-electron chi connectivity index (χ3n) is 10.7. The van der Waals surface area contributed by atoms with Gasteiger partial charge in [-0.1, -0.05) is 48.5 Å². The number of carbonyl (C=O) groups excluding carboxylic acids is 4. The van der Waals surface area contributed by atoms with Gasteiger partial charge in [-0.25, -0.2) is 0 Å². The number of phenols is 1. The summed E-state index contributed by atoms with van der Waals surface area (Å²) in [5.74, 6) is -3.74. The third kappa shape index (κ3) is 8.80. The van der Waals surface area contributed by atoms with Gasteiger partial charge >= 0.3 is 5.97 Å². The minimum Gasteiger partial charge on any atom is -0.507 e. The lowest BCUT2D eigenvalue weighted by Gasteiger charge is -2.39. The van der Waals surface area contributed by atoms with Crippen LogP contribution in [-0.2, 0) is 35.6 Å². The molecule has 6 atom stereocenters. The van der Waals surface area contributed by atoms with Gasteiger partial charge in [0.15, 0.2) is 17.9 Å². The first-order valence-corrected chi connectivity index (χ1v) is 19.3. The van der Waals surface area contributed by atoms with Gasteiger partial charge in [-0.2, -0.15) is 0 Å². The second-order valence-corrected chi connectivity index (χ2v) is 14.8. The lowest BCUT2D eigenvalue weighted by atomic mass is 9.77. The van der Waals surface area contributed by atoms with Gasteiger partial charge in [-0.3, -0.25) is 19.2 Å². The Balaban J connectivity index is 1.53. The van der Waals surface area contributed by atoms with E-state index in [1.165, 1.54) is 31.2 Å². The minimum atomic E-state index is -1.83. The number of fused-ring (bicyclic) bond motifs is 2. The number of aromatic hydroxyl groups is 1. The Bertz CT molecular complexity index is 2330. The van der Waals surface area contributed by atoms with E-state index in [0.717, 1.165) is 18.6 Å². The molecule has 1 heterocycles. The molecule has 0 amide bonds. The van der Waals surface area contributed by atoms with Crippen molar-refractivity contribution in [3.05, 3.63) is 121 Å². The van der Waals surface area contributed by atoms with E-state index >= 15 is 0 Å². The Labute approximate surface area is 344 Å². The van der Waals surface area contributed by atoms with Crippen LogP contribution >= 0.6 is 0 Å². The summed E-state index contributed by atoms with van der Waals surface area (Å²) >= 11 is 0. The number of hydrogen-bond acceptors (Lipinski definition) is 15. The van der Waals surface area contributed by atoms with Crippen LogP contribution in [0.2, 0.25) is 0 Å². The molecular weight excluding hydrogens is 780 g/mol. The van der Waals surface area contributed by atoms with Crippen molar-refractivity contribution in [3.8, 4) is 17.2 Å². The Morgan fingerprint density at radius 2 is 1.55 bits per heavy atom. The SMILES string of the molecule is CC(=O)Oc1cc(CO)c2c(c1/C=C/c1cccc(C[C@H](O)CCCO)c1)C(=O)c1cc(O[C@H]3O[C@@H](C)[C@@H](O)[C@@H](O)[C@H]3O)c(Cc3cccc(CO)c3C=O)c(O)c1C2=O. The first kappa shape index (κ1) is 43.9. The predicted molar refractivity (Wildman–Crippen MR) is 214 cm³/mol. The summed E-state index contributed by atoms with van der Waals surface area (Å²) in [6.45, 7) is 1.21. The van der Waals surface area contributed by atoms with E-state index in [2.05, 4.69) is 0 Å². The highest BCUT2D eigenvalue weighted by Crippen LogP contribution is 2.45. The van der Waals surface area contributed by atoms with Crippen LogP contribution in [0.4, 0.5) is 0 Å². The van der Waals surface area contributed by atoms with E-state index < -0.39 is 78.9 Å². The van der Waals surface area contributed by atoms with Gasteiger partial charge in [-0.05, 0) is 72.2 Å². The molecule has 0 bridgehead atoms. The Kier molecular flexibility index (Phi) is 13.7. The molecule has 0 saturated carbocycles. The Morgan fingerprint density at radius 1 is 0.833 bits per heavy atom. The van der Waals surface area contributed by atoms with Crippen molar-refractivity contribution in [1.82, 2.24) is 0 Å². The fourth-order valence-corrected chi connectivity index (χ4v) is 7.62. The van der Waals surface area contributed by atoms with E-state index in [1.807, 2.05) is 6.07 Å². The van der Waals surface area contributed by atoms with Gasteiger partial charge in [0.05, 0.1) is 31.0 Å². The molecule has 4 aromatic carbocycles. The van der Waals surface area contributed by atoms with Crippen molar-refractivity contribution in [2.45, 2.75) is 89.6 Å². The van der Waals surface area contributed by atoms with Crippen molar-refractivity contribution in [2.24, 2.45) is 0 Å². The van der Waals surface area contributed by atoms with E-state index in [-0.39, 0.29) is 74.6 Å². The van der Waals surface area contributed by atoms with E-state index in [9.17, 15) is 54.9 Å². The first-order chi connectivity index (χ1) is 28.7. The molecule has 1 aliphatic carbocycles. The highest BCUT2D eigenvalue weighted by atomic mass is 16.7. The quantitative estimate of drug-likeness (QED) is 0.0327. The number of benzene rings is 4. The molecule has 0 aromatic heterocycles. The van der Waals surface area contributed by atoms with Crippen LogP contribution in [-0.4, -0.2) is 108 Å². The zero-order valence-electron chi connectivity index (χ0n) is 32.8. The van der Waals surface area contributed by atoms with Gasteiger partial charge in [0.2, 0.25) is 6.29 Å². The number of ether oxygens (including phenoxy) is 3. The molecule has 15 nitrogen and oxygen atoms in total. The highest BCUT2D eigenvalue weighted by Gasteiger charge is 2.44. The van der Waals surface area contributed by atoms with Crippen LogP contribution in [0.1, 0.15) is 108 Å². The normalized spacial score (nSPS) is 20.4. The zero-order chi connectivity index (χ0) is 43.4. The summed E-state index contributed by atoms with van der Waals surface area (Å²) in [4.78, 5) is 54.2. The van der Waals surface area contributed by atoms with Crippen LogP contribution in [0.25, 0.3) is 12.2 Å². The molecule has 6 rings (SSSR count). The molecule has 60 heavy (non-hydrogen) atoms. The Hall–Kier alpha value is -5.62. The van der Waals surface area contributed by atoms with Crippen LogP contribution in [0.15, 0.2) is 54.6 Å². The van der Waals surface area contributed by atoms with Crippen molar-refractivity contribution in [3.63, 3.8) is 0 Å². The first-order valence-electron chi connectivity index (χ1n) is 19.3. The van der Waals surface area contributed by atoms with Crippen LogP contribution < -0.4 is 9.47 Å². The molecule has 0 unspecified atom stereocenters. The molecule has 1 saturated heterocycles. The molecule has 8 N–H and O–H groups in total. The van der Waals surface area contributed by atoms with Crippen LogP contribution in [0.5, 0.6) is 17.2 Å². The second kappa shape index (κ2) is 18.8. The van der Waals surface area contributed by atoms with Crippen molar-refractivity contribution in [1.29, 1.82) is 0 Å². The van der Waals surface area contributed by atoms with Crippen LogP contribution in [0.3, 0.4) is 0 Å². The lowest BCUT2D eigenvalue weighted by molar-refractivity contribution is -0.268. The van der Waals surface area contributed by atoms with Gasteiger partial charge in [-0.15, -0.1) is 0 Å². The smallest absolute Gasteiger partial charge is 0.308 e. The fraction of sp³-hybridized carbons (Fsp3) is 0.333. The zero-order valence-corrected chi connectivity index (χ0v) is 32.8. The van der Waals surface area contributed by atoms with E-state index in [4.69, 9.17) is 19.3 Å². The highest BCUT2D eigenvalue weighted by molar-refractivity contribution is 6.31. The topological polar surface area (TPSA) is 258 Å². The molecule has 1 fully saturated rings. The number of esters is 1. The molecule has 15 heteroatoms. The number of aliphatic hydroxyl groups excluding tert-OH is 7. The van der Waals surface area contributed by atoms with Crippen molar-refractivity contribution < 1.29 is 74.2 Å².